The van der Waals surface area contributed by atoms with Crippen molar-refractivity contribution in [2.45, 2.75) is 18.6 Å². The van der Waals surface area contributed by atoms with Gasteiger partial charge in [-0.2, -0.15) is 0 Å². The molecule has 132 valence electrons. The highest BCUT2D eigenvalue weighted by atomic mass is 35.5. The minimum atomic E-state index is -1.01. The Morgan fingerprint density at radius 2 is 2.12 bits per heavy atom. The van der Waals surface area contributed by atoms with Gasteiger partial charge in [-0.3, -0.25) is 4.79 Å². The third-order valence-electron chi connectivity index (χ3n) is 4.01. The van der Waals surface area contributed by atoms with E-state index in [1.165, 1.54) is 31.3 Å². The molecule has 2 atom stereocenters. The van der Waals surface area contributed by atoms with Crippen LogP contribution in [0.2, 0.25) is 5.02 Å². The molecular weight excluding hydrogens is 338 g/mol. The molecule has 1 aromatic carbocycles. The van der Waals surface area contributed by atoms with Crippen molar-refractivity contribution in [2.75, 3.05) is 33.0 Å². The summed E-state index contributed by atoms with van der Waals surface area (Å²) in [5.41, 5.74) is 6.29. The first kappa shape index (κ1) is 18.2. The maximum atomic E-state index is 12.6. The van der Waals surface area contributed by atoms with Crippen LogP contribution in [0.3, 0.4) is 0 Å². The average Bonchev–Trinajstić information content (AvgIpc) is 2.56. The molecule has 1 heterocycles. The van der Waals surface area contributed by atoms with Gasteiger partial charge in [0.1, 0.15) is 5.75 Å². The molecule has 2 rings (SSSR count). The predicted molar refractivity (Wildman–Crippen MR) is 88.7 cm³/mol. The summed E-state index contributed by atoms with van der Waals surface area (Å²) in [6.45, 7) is 0.511. The van der Waals surface area contributed by atoms with Gasteiger partial charge in [0.05, 0.1) is 42.1 Å². The SMILES string of the molecule is COc1cc(Cl)c(N)cc1C(=O)NC1CCN(C(=O)O)CC1OC. The average molecular weight is 358 g/mol. The van der Waals surface area contributed by atoms with Crippen molar-refractivity contribution in [3.05, 3.63) is 22.7 Å². The van der Waals surface area contributed by atoms with Crippen LogP contribution in [0.5, 0.6) is 5.75 Å². The maximum absolute atomic E-state index is 12.6. The lowest BCUT2D eigenvalue weighted by atomic mass is 10.0. The van der Waals surface area contributed by atoms with E-state index in [1.807, 2.05) is 0 Å². The molecule has 0 aliphatic carbocycles. The number of methoxy groups -OCH3 is 2. The number of hydrogen-bond acceptors (Lipinski definition) is 5. The first-order valence-corrected chi connectivity index (χ1v) is 7.69. The fraction of sp³-hybridized carbons (Fsp3) is 0.467. The summed E-state index contributed by atoms with van der Waals surface area (Å²) < 4.78 is 10.5. The van der Waals surface area contributed by atoms with Gasteiger partial charge in [0.25, 0.3) is 5.91 Å². The Kier molecular flexibility index (Phi) is 5.74. The fourth-order valence-corrected chi connectivity index (χ4v) is 2.81. The van der Waals surface area contributed by atoms with Crippen LogP contribution in [0, 0.1) is 0 Å². The number of rotatable bonds is 4. The number of halogens is 1. The number of ether oxygens (including phenoxy) is 2. The third kappa shape index (κ3) is 3.82. The second-order valence-electron chi connectivity index (χ2n) is 5.45. The summed E-state index contributed by atoms with van der Waals surface area (Å²) in [4.78, 5) is 24.9. The summed E-state index contributed by atoms with van der Waals surface area (Å²) >= 11 is 5.93. The van der Waals surface area contributed by atoms with E-state index in [0.29, 0.717) is 23.7 Å². The molecule has 1 saturated heterocycles. The molecule has 0 aromatic heterocycles. The Morgan fingerprint density at radius 1 is 1.42 bits per heavy atom. The van der Waals surface area contributed by atoms with E-state index in [9.17, 15) is 9.59 Å². The second-order valence-corrected chi connectivity index (χ2v) is 5.85. The fourth-order valence-electron chi connectivity index (χ4n) is 2.66. The van der Waals surface area contributed by atoms with E-state index in [4.69, 9.17) is 31.9 Å². The minimum Gasteiger partial charge on any atom is -0.496 e. The van der Waals surface area contributed by atoms with E-state index in [-0.39, 0.29) is 29.7 Å². The van der Waals surface area contributed by atoms with Crippen molar-refractivity contribution in [2.24, 2.45) is 0 Å². The van der Waals surface area contributed by atoms with Crippen molar-refractivity contribution >= 4 is 29.3 Å². The van der Waals surface area contributed by atoms with Crippen molar-refractivity contribution in [1.29, 1.82) is 0 Å². The zero-order valence-corrected chi connectivity index (χ0v) is 14.2. The topological polar surface area (TPSA) is 114 Å². The number of amides is 2. The van der Waals surface area contributed by atoms with Crippen molar-refractivity contribution in [3.63, 3.8) is 0 Å². The van der Waals surface area contributed by atoms with Gasteiger partial charge in [-0.15, -0.1) is 0 Å². The van der Waals surface area contributed by atoms with Gasteiger partial charge >= 0.3 is 6.09 Å². The van der Waals surface area contributed by atoms with E-state index in [0.717, 1.165) is 0 Å². The number of nitrogens with two attached hydrogens (primary N) is 1. The van der Waals surface area contributed by atoms with Gasteiger partial charge in [-0.1, -0.05) is 11.6 Å². The van der Waals surface area contributed by atoms with Gasteiger partial charge in [-0.25, -0.2) is 4.79 Å². The summed E-state index contributed by atoms with van der Waals surface area (Å²) in [6.07, 6.45) is -0.995. The van der Waals surface area contributed by atoms with Crippen LogP contribution in [0.1, 0.15) is 16.8 Å². The highest BCUT2D eigenvalue weighted by Gasteiger charge is 2.33. The Bertz CT molecular complexity index is 640. The molecular formula is C15H20ClN3O5. The molecule has 2 unspecified atom stereocenters. The van der Waals surface area contributed by atoms with Gasteiger partial charge in [0.2, 0.25) is 0 Å². The lowest BCUT2D eigenvalue weighted by Gasteiger charge is -2.36. The standard InChI is InChI=1S/C15H20ClN3O5/c1-23-12-6-9(16)10(17)5-8(12)14(20)18-11-3-4-19(15(21)22)7-13(11)24-2/h5-6,11,13H,3-4,7,17H2,1-2H3,(H,18,20)(H,21,22). The number of carboxylic acid groups (broad SMARTS) is 1. The first-order chi connectivity index (χ1) is 11.4. The quantitative estimate of drug-likeness (QED) is 0.702. The number of hydrogen-bond donors (Lipinski definition) is 3. The van der Waals surface area contributed by atoms with Gasteiger partial charge in [-0.05, 0) is 12.5 Å². The van der Waals surface area contributed by atoms with Crippen LogP contribution in [-0.2, 0) is 4.74 Å². The molecule has 1 aliphatic heterocycles. The number of likely N-dealkylation sites (tertiary alicyclic amines) is 1. The van der Waals surface area contributed by atoms with Crippen LogP contribution in [-0.4, -0.2) is 61.5 Å². The number of carbonyl (C=O) groups is 2. The van der Waals surface area contributed by atoms with Crippen molar-refractivity contribution in [1.82, 2.24) is 10.2 Å². The molecule has 0 spiro atoms. The van der Waals surface area contributed by atoms with Gasteiger partial charge in [0, 0.05) is 19.7 Å². The van der Waals surface area contributed by atoms with Crippen LogP contribution < -0.4 is 15.8 Å². The van der Waals surface area contributed by atoms with E-state index in [2.05, 4.69) is 5.32 Å². The van der Waals surface area contributed by atoms with Crippen molar-refractivity contribution < 1.29 is 24.2 Å². The molecule has 24 heavy (non-hydrogen) atoms. The number of carbonyl (C=O) groups excluding carboxylic acids is 1. The van der Waals surface area contributed by atoms with Crippen molar-refractivity contribution in [3.8, 4) is 5.75 Å². The Balaban J connectivity index is 2.14. The summed E-state index contributed by atoms with van der Waals surface area (Å²) in [5.74, 6) is -0.0744. The smallest absolute Gasteiger partial charge is 0.407 e. The third-order valence-corrected chi connectivity index (χ3v) is 4.34. The number of nitrogens with zero attached hydrogens (tertiary/aromatic N) is 1. The van der Waals surface area contributed by atoms with Crippen LogP contribution in [0.4, 0.5) is 10.5 Å². The number of nitrogens with one attached hydrogen (secondary N) is 1. The molecule has 1 fully saturated rings. The summed E-state index contributed by atoms with van der Waals surface area (Å²) in [5, 5.41) is 12.2. The van der Waals surface area contributed by atoms with Gasteiger partial charge < -0.3 is 30.5 Å². The van der Waals surface area contributed by atoms with Crippen LogP contribution in [0.15, 0.2) is 12.1 Å². The highest BCUT2D eigenvalue weighted by Crippen LogP contribution is 2.29. The number of benzene rings is 1. The maximum Gasteiger partial charge on any atom is 0.407 e. The largest absolute Gasteiger partial charge is 0.496 e. The molecule has 1 aliphatic rings. The molecule has 4 N–H and O–H groups in total. The summed E-state index contributed by atoms with van der Waals surface area (Å²) in [7, 11) is 2.91. The van der Waals surface area contributed by atoms with E-state index < -0.39 is 12.2 Å². The molecule has 0 radical (unpaired) electrons. The molecule has 1 aromatic rings. The Morgan fingerprint density at radius 3 is 2.71 bits per heavy atom. The Hall–Kier alpha value is -2.19. The molecule has 0 bridgehead atoms. The molecule has 0 saturated carbocycles. The molecule has 2 amide bonds. The zero-order valence-electron chi connectivity index (χ0n) is 13.4. The van der Waals surface area contributed by atoms with Crippen LogP contribution >= 0.6 is 11.6 Å². The number of anilines is 1. The van der Waals surface area contributed by atoms with E-state index in [1.54, 1.807) is 0 Å². The number of piperidine rings is 1. The first-order valence-electron chi connectivity index (χ1n) is 7.32. The minimum absolute atomic E-state index is 0.191. The van der Waals surface area contributed by atoms with Crippen LogP contribution in [0.25, 0.3) is 0 Å². The molecule has 8 nitrogen and oxygen atoms in total. The zero-order chi connectivity index (χ0) is 17.9. The lowest BCUT2D eigenvalue weighted by molar-refractivity contribution is 0.0101. The summed E-state index contributed by atoms with van der Waals surface area (Å²) in [6, 6.07) is 2.61. The normalized spacial score (nSPS) is 20.5. The van der Waals surface area contributed by atoms with E-state index >= 15 is 0 Å². The predicted octanol–water partition coefficient (Wildman–Crippen LogP) is 1.43. The highest BCUT2D eigenvalue weighted by molar-refractivity contribution is 6.33. The second kappa shape index (κ2) is 7.59. The number of nitrogen functional groups attached to an aromatic ring is 1. The molecule has 9 heteroatoms. The lowest BCUT2D eigenvalue weighted by Crippen LogP contribution is -2.55. The Labute approximate surface area is 144 Å². The van der Waals surface area contributed by atoms with Gasteiger partial charge in [0.15, 0.2) is 0 Å². The monoisotopic (exact) mass is 357 g/mol.